The van der Waals surface area contributed by atoms with E-state index in [0.29, 0.717) is 17.8 Å². The van der Waals surface area contributed by atoms with E-state index >= 15 is 0 Å². The van der Waals surface area contributed by atoms with Crippen molar-refractivity contribution in [3.8, 4) is 0 Å². The number of hydrogen-bond acceptors (Lipinski definition) is 4. The molecule has 5 atom stereocenters. The van der Waals surface area contributed by atoms with Crippen molar-refractivity contribution < 1.29 is 19.1 Å². The van der Waals surface area contributed by atoms with Gasteiger partial charge in [-0.1, -0.05) is 57.2 Å². The van der Waals surface area contributed by atoms with Gasteiger partial charge >= 0.3 is 6.16 Å². The zero-order valence-electron chi connectivity index (χ0n) is 17.8. The Kier molecular flexibility index (Phi) is 5.18. The summed E-state index contributed by atoms with van der Waals surface area (Å²) >= 11 is 0. The second kappa shape index (κ2) is 7.51. The van der Waals surface area contributed by atoms with Crippen LogP contribution in [0, 0.1) is 17.8 Å². The van der Waals surface area contributed by atoms with Crippen LogP contribution in [0.2, 0.25) is 0 Å². The Balaban J connectivity index is 1.47. The summed E-state index contributed by atoms with van der Waals surface area (Å²) < 4.78 is 11.4. The second-order valence-electron chi connectivity index (χ2n) is 9.23. The van der Waals surface area contributed by atoms with Crippen LogP contribution in [0.5, 0.6) is 0 Å². The van der Waals surface area contributed by atoms with Crippen LogP contribution in [0.25, 0.3) is 0 Å². The third-order valence-electron chi connectivity index (χ3n) is 6.96. The number of carbonyl (C=O) groups is 2. The molecule has 1 amide bonds. The number of rotatable bonds is 4. The molecule has 1 saturated carbocycles. The van der Waals surface area contributed by atoms with Gasteiger partial charge in [-0.05, 0) is 48.1 Å². The van der Waals surface area contributed by atoms with Crippen LogP contribution in [-0.4, -0.2) is 29.7 Å². The number of nitrogens with zero attached hydrogens (tertiary/aromatic N) is 1. The standard InChI is InChI=1S/C24H31NO4/c1-15(2)19-13-16(3)9-10-22(19)29-23(27)28-14-24-12-11-21(25(24)17(4)26)18-7-5-6-8-20(18)24/h5-8,11-12,15-16,19,21-22H,9-10,13-14H2,1-4H3/t16-,19-,21?,22?,24?/m1/s1. The molecular weight excluding hydrogens is 366 g/mol. The van der Waals surface area contributed by atoms with Crippen LogP contribution in [0.3, 0.4) is 0 Å². The van der Waals surface area contributed by atoms with Crippen LogP contribution in [0.4, 0.5) is 4.79 Å². The summed E-state index contributed by atoms with van der Waals surface area (Å²) in [6.07, 6.45) is 6.33. The van der Waals surface area contributed by atoms with Crippen molar-refractivity contribution in [2.24, 2.45) is 17.8 Å². The van der Waals surface area contributed by atoms with E-state index in [4.69, 9.17) is 9.47 Å². The Bertz CT molecular complexity index is 832. The molecule has 2 bridgehead atoms. The lowest BCUT2D eigenvalue weighted by Crippen LogP contribution is -2.45. The SMILES string of the molecule is CC(=O)N1C2C=CC1(COC(=O)OC1CC[C@@H](C)C[C@@H]1C(C)C)c1ccccc12. The van der Waals surface area contributed by atoms with Gasteiger partial charge in [-0.25, -0.2) is 4.79 Å². The first-order chi connectivity index (χ1) is 13.8. The summed E-state index contributed by atoms with van der Waals surface area (Å²) in [5, 5.41) is 0. The Hall–Kier alpha value is -2.30. The van der Waals surface area contributed by atoms with E-state index in [1.54, 1.807) is 6.92 Å². The lowest BCUT2D eigenvalue weighted by atomic mass is 9.75. The van der Waals surface area contributed by atoms with Crippen LogP contribution >= 0.6 is 0 Å². The highest BCUT2D eigenvalue weighted by atomic mass is 16.7. The molecular formula is C24H31NO4. The van der Waals surface area contributed by atoms with E-state index in [1.165, 1.54) is 0 Å². The highest BCUT2D eigenvalue weighted by Gasteiger charge is 2.54. The van der Waals surface area contributed by atoms with Crippen molar-refractivity contribution in [1.82, 2.24) is 4.90 Å². The number of amides is 1. The van der Waals surface area contributed by atoms with Gasteiger partial charge in [-0.2, -0.15) is 0 Å². The molecule has 0 saturated heterocycles. The van der Waals surface area contributed by atoms with Crippen molar-refractivity contribution in [2.45, 2.75) is 64.6 Å². The average molecular weight is 398 g/mol. The summed E-state index contributed by atoms with van der Waals surface area (Å²) in [4.78, 5) is 26.8. The van der Waals surface area contributed by atoms with Gasteiger partial charge in [0.25, 0.3) is 0 Å². The quantitative estimate of drug-likeness (QED) is 0.532. The van der Waals surface area contributed by atoms with Gasteiger partial charge in [-0.15, -0.1) is 0 Å². The molecule has 1 aromatic rings. The molecule has 5 nitrogen and oxygen atoms in total. The Morgan fingerprint density at radius 3 is 2.72 bits per heavy atom. The van der Waals surface area contributed by atoms with Gasteiger partial charge in [-0.3, -0.25) is 4.79 Å². The molecule has 4 rings (SSSR count). The molecule has 29 heavy (non-hydrogen) atoms. The topological polar surface area (TPSA) is 55.8 Å². The molecule has 2 heterocycles. The van der Waals surface area contributed by atoms with Crippen LogP contribution in [0.15, 0.2) is 36.4 Å². The fraction of sp³-hybridized carbons (Fsp3) is 0.583. The zero-order valence-corrected chi connectivity index (χ0v) is 17.8. The van der Waals surface area contributed by atoms with E-state index in [1.807, 2.05) is 41.3 Å². The highest BCUT2D eigenvalue weighted by molar-refractivity contribution is 5.79. The maximum absolute atomic E-state index is 12.6. The van der Waals surface area contributed by atoms with Gasteiger partial charge in [0.15, 0.2) is 0 Å². The number of fused-ring (bicyclic) bond motifs is 5. The second-order valence-corrected chi connectivity index (χ2v) is 9.23. The van der Waals surface area contributed by atoms with E-state index in [-0.39, 0.29) is 24.7 Å². The zero-order chi connectivity index (χ0) is 20.8. The van der Waals surface area contributed by atoms with E-state index in [2.05, 4.69) is 20.8 Å². The Morgan fingerprint density at radius 2 is 2.00 bits per heavy atom. The van der Waals surface area contributed by atoms with E-state index in [9.17, 15) is 9.59 Å². The fourth-order valence-corrected chi connectivity index (χ4v) is 5.52. The lowest BCUT2D eigenvalue weighted by molar-refractivity contribution is -0.136. The number of carbonyl (C=O) groups excluding carboxylic acids is 2. The number of benzene rings is 1. The van der Waals surface area contributed by atoms with Crippen LogP contribution < -0.4 is 0 Å². The normalized spacial score (nSPS) is 32.4. The summed E-state index contributed by atoms with van der Waals surface area (Å²) in [5.41, 5.74) is 1.40. The summed E-state index contributed by atoms with van der Waals surface area (Å²) in [6, 6.07) is 7.90. The highest BCUT2D eigenvalue weighted by Crippen LogP contribution is 2.52. The molecule has 3 unspecified atom stereocenters. The minimum atomic E-state index is -0.732. The third kappa shape index (κ3) is 3.34. The molecule has 1 fully saturated rings. The van der Waals surface area contributed by atoms with Crippen LogP contribution in [0.1, 0.15) is 64.1 Å². The molecule has 1 aliphatic carbocycles. The first-order valence-corrected chi connectivity index (χ1v) is 10.8. The summed E-state index contributed by atoms with van der Waals surface area (Å²) in [5.74, 6) is 1.45. The molecule has 1 aromatic carbocycles. The van der Waals surface area contributed by atoms with Gasteiger partial charge in [0.1, 0.15) is 18.2 Å². The van der Waals surface area contributed by atoms with Gasteiger partial charge in [0.2, 0.25) is 5.91 Å². The predicted molar refractivity (Wildman–Crippen MR) is 110 cm³/mol. The van der Waals surface area contributed by atoms with Crippen LogP contribution in [-0.2, 0) is 19.8 Å². The number of hydrogen-bond donors (Lipinski definition) is 0. The fourth-order valence-electron chi connectivity index (χ4n) is 5.52. The summed E-state index contributed by atoms with van der Waals surface area (Å²) in [6.45, 7) is 8.28. The monoisotopic (exact) mass is 397 g/mol. The van der Waals surface area contributed by atoms with Crippen molar-refractivity contribution in [1.29, 1.82) is 0 Å². The maximum atomic E-state index is 12.6. The van der Waals surface area contributed by atoms with Crippen molar-refractivity contribution in [3.63, 3.8) is 0 Å². The molecule has 0 aromatic heterocycles. The molecule has 0 radical (unpaired) electrons. The molecule has 3 aliphatic rings. The third-order valence-corrected chi connectivity index (χ3v) is 6.96. The Morgan fingerprint density at radius 1 is 1.24 bits per heavy atom. The average Bonchev–Trinajstić information content (AvgIpc) is 3.20. The number of ether oxygens (including phenoxy) is 2. The minimum absolute atomic E-state index is 0.0330. The van der Waals surface area contributed by atoms with Crippen molar-refractivity contribution >= 4 is 12.1 Å². The molecule has 0 N–H and O–H groups in total. The first-order valence-electron chi connectivity index (χ1n) is 10.8. The first kappa shape index (κ1) is 20.0. The van der Waals surface area contributed by atoms with Gasteiger partial charge < -0.3 is 14.4 Å². The molecule has 0 spiro atoms. The minimum Gasteiger partial charge on any atom is -0.431 e. The largest absolute Gasteiger partial charge is 0.508 e. The van der Waals surface area contributed by atoms with E-state index < -0.39 is 11.7 Å². The van der Waals surface area contributed by atoms with Gasteiger partial charge in [0, 0.05) is 6.92 Å². The molecule has 2 aliphatic heterocycles. The molecule has 5 heteroatoms. The summed E-state index contributed by atoms with van der Waals surface area (Å²) in [7, 11) is 0. The van der Waals surface area contributed by atoms with Gasteiger partial charge in [0.05, 0.1) is 6.04 Å². The lowest BCUT2D eigenvalue weighted by Gasteiger charge is -2.37. The van der Waals surface area contributed by atoms with Crippen molar-refractivity contribution in [2.75, 3.05) is 6.61 Å². The Labute approximate surface area is 173 Å². The predicted octanol–water partition coefficient (Wildman–Crippen LogP) is 4.97. The maximum Gasteiger partial charge on any atom is 0.508 e. The van der Waals surface area contributed by atoms with Crippen molar-refractivity contribution in [3.05, 3.63) is 47.5 Å². The van der Waals surface area contributed by atoms with E-state index in [0.717, 1.165) is 30.4 Å². The molecule has 156 valence electrons. The smallest absolute Gasteiger partial charge is 0.431 e.